The third kappa shape index (κ3) is 6.17. The Labute approximate surface area is 113 Å². The average Bonchev–Trinajstić information content (AvgIpc) is 2.35. The zero-order valence-corrected chi connectivity index (χ0v) is 12.7. The monoisotopic (exact) mass is 256 g/mol. The number of hydrogen-bond acceptors (Lipinski definition) is 3. The van der Waals surface area contributed by atoms with Crippen molar-refractivity contribution in [3.63, 3.8) is 0 Å². The van der Waals surface area contributed by atoms with E-state index in [-0.39, 0.29) is 0 Å². The molecule has 0 saturated carbocycles. The highest BCUT2D eigenvalue weighted by Crippen LogP contribution is 2.19. The van der Waals surface area contributed by atoms with Crippen molar-refractivity contribution in [3.8, 4) is 0 Å². The standard InChI is InChI=1S/C15H32N2O/c1-13(2)10-16-8-7-14(3)17-9-5-6-15(11-17)12-18-4/h13-16H,5-12H2,1-4H3. The van der Waals surface area contributed by atoms with Gasteiger partial charge in [-0.05, 0) is 57.7 Å². The molecule has 2 atom stereocenters. The average molecular weight is 256 g/mol. The van der Waals surface area contributed by atoms with E-state index in [1.54, 1.807) is 0 Å². The van der Waals surface area contributed by atoms with Gasteiger partial charge in [-0.1, -0.05) is 13.8 Å². The summed E-state index contributed by atoms with van der Waals surface area (Å²) in [7, 11) is 1.82. The van der Waals surface area contributed by atoms with Gasteiger partial charge in [0.15, 0.2) is 0 Å². The summed E-state index contributed by atoms with van der Waals surface area (Å²) in [5.74, 6) is 1.50. The Balaban J connectivity index is 2.17. The molecule has 3 nitrogen and oxygen atoms in total. The molecule has 0 radical (unpaired) electrons. The molecule has 0 aromatic carbocycles. The Kier molecular flexibility index (Phi) is 7.87. The molecule has 3 heteroatoms. The topological polar surface area (TPSA) is 24.5 Å². The van der Waals surface area contributed by atoms with E-state index in [9.17, 15) is 0 Å². The van der Waals surface area contributed by atoms with Gasteiger partial charge in [-0.3, -0.25) is 0 Å². The zero-order valence-electron chi connectivity index (χ0n) is 12.7. The Hall–Kier alpha value is -0.120. The second-order valence-electron chi connectivity index (χ2n) is 6.19. The Morgan fingerprint density at radius 1 is 1.33 bits per heavy atom. The summed E-state index contributed by atoms with van der Waals surface area (Å²) in [5.41, 5.74) is 0. The van der Waals surface area contributed by atoms with Crippen LogP contribution in [0.3, 0.4) is 0 Å². The number of methoxy groups -OCH3 is 1. The molecular weight excluding hydrogens is 224 g/mol. The van der Waals surface area contributed by atoms with Gasteiger partial charge in [0.25, 0.3) is 0 Å². The van der Waals surface area contributed by atoms with Crippen molar-refractivity contribution in [3.05, 3.63) is 0 Å². The van der Waals surface area contributed by atoms with Crippen LogP contribution in [0.1, 0.15) is 40.0 Å². The lowest BCUT2D eigenvalue weighted by atomic mass is 9.97. The molecule has 0 amide bonds. The lowest BCUT2D eigenvalue weighted by Crippen LogP contribution is -2.43. The molecule has 1 heterocycles. The first-order valence-electron chi connectivity index (χ1n) is 7.57. The highest BCUT2D eigenvalue weighted by Gasteiger charge is 2.22. The number of rotatable bonds is 8. The Bertz CT molecular complexity index is 207. The van der Waals surface area contributed by atoms with Crippen LogP contribution in [0.4, 0.5) is 0 Å². The predicted molar refractivity (Wildman–Crippen MR) is 78.0 cm³/mol. The molecule has 2 unspecified atom stereocenters. The van der Waals surface area contributed by atoms with E-state index >= 15 is 0 Å². The van der Waals surface area contributed by atoms with Gasteiger partial charge in [-0.25, -0.2) is 0 Å². The lowest BCUT2D eigenvalue weighted by molar-refractivity contribution is 0.0702. The van der Waals surface area contributed by atoms with Crippen molar-refractivity contribution in [2.24, 2.45) is 11.8 Å². The summed E-state index contributed by atoms with van der Waals surface area (Å²) in [6.07, 6.45) is 3.92. The van der Waals surface area contributed by atoms with Gasteiger partial charge in [0.05, 0.1) is 6.61 Å². The zero-order chi connectivity index (χ0) is 13.4. The van der Waals surface area contributed by atoms with E-state index in [0.29, 0.717) is 6.04 Å². The van der Waals surface area contributed by atoms with Gasteiger partial charge in [0.2, 0.25) is 0 Å². The molecule has 1 fully saturated rings. The molecule has 1 aliphatic rings. The molecule has 0 aromatic rings. The van der Waals surface area contributed by atoms with Gasteiger partial charge in [-0.2, -0.15) is 0 Å². The second-order valence-corrected chi connectivity index (χ2v) is 6.19. The second kappa shape index (κ2) is 8.89. The molecule has 1 rings (SSSR count). The fraction of sp³-hybridized carbons (Fsp3) is 1.00. The van der Waals surface area contributed by atoms with Crippen LogP contribution in [0, 0.1) is 11.8 Å². The maximum atomic E-state index is 5.30. The SMILES string of the molecule is COCC1CCCN(C(C)CCNCC(C)C)C1. The largest absolute Gasteiger partial charge is 0.384 e. The van der Waals surface area contributed by atoms with E-state index in [1.165, 1.54) is 32.4 Å². The lowest BCUT2D eigenvalue weighted by Gasteiger charge is -2.36. The molecule has 1 aliphatic heterocycles. The quantitative estimate of drug-likeness (QED) is 0.675. The minimum atomic E-state index is 0.698. The van der Waals surface area contributed by atoms with E-state index in [2.05, 4.69) is 31.0 Å². The number of ether oxygens (including phenoxy) is 1. The molecule has 0 aromatic heterocycles. The molecule has 0 spiro atoms. The van der Waals surface area contributed by atoms with Crippen LogP contribution >= 0.6 is 0 Å². The maximum absolute atomic E-state index is 5.30. The minimum absolute atomic E-state index is 0.698. The minimum Gasteiger partial charge on any atom is -0.384 e. The van der Waals surface area contributed by atoms with Crippen molar-refractivity contribution >= 4 is 0 Å². The first kappa shape index (κ1) is 15.9. The smallest absolute Gasteiger partial charge is 0.0502 e. The first-order valence-corrected chi connectivity index (χ1v) is 7.57. The summed E-state index contributed by atoms with van der Waals surface area (Å²) in [5, 5.41) is 3.54. The van der Waals surface area contributed by atoms with Gasteiger partial charge in [0.1, 0.15) is 0 Å². The predicted octanol–water partition coefficient (Wildman–Crippen LogP) is 2.37. The maximum Gasteiger partial charge on any atom is 0.0502 e. The third-order valence-corrected chi connectivity index (χ3v) is 3.87. The number of piperidine rings is 1. The Morgan fingerprint density at radius 3 is 2.78 bits per heavy atom. The van der Waals surface area contributed by atoms with E-state index in [1.807, 2.05) is 7.11 Å². The highest BCUT2D eigenvalue weighted by atomic mass is 16.5. The van der Waals surface area contributed by atoms with Gasteiger partial charge >= 0.3 is 0 Å². The summed E-state index contributed by atoms with van der Waals surface area (Å²) < 4.78 is 5.30. The fourth-order valence-corrected chi connectivity index (χ4v) is 2.75. The van der Waals surface area contributed by atoms with Crippen LogP contribution < -0.4 is 5.32 Å². The third-order valence-electron chi connectivity index (χ3n) is 3.87. The van der Waals surface area contributed by atoms with Crippen molar-refractivity contribution in [2.45, 2.75) is 46.1 Å². The summed E-state index contributed by atoms with van der Waals surface area (Å²) in [4.78, 5) is 2.64. The van der Waals surface area contributed by atoms with Crippen LogP contribution in [0.2, 0.25) is 0 Å². The van der Waals surface area contributed by atoms with Crippen LogP contribution in [-0.2, 0) is 4.74 Å². The summed E-state index contributed by atoms with van der Waals surface area (Å²) in [6.45, 7) is 12.6. The van der Waals surface area contributed by atoms with Crippen LogP contribution in [0.25, 0.3) is 0 Å². The van der Waals surface area contributed by atoms with Gasteiger partial charge < -0.3 is 15.0 Å². The number of hydrogen-bond donors (Lipinski definition) is 1. The fourth-order valence-electron chi connectivity index (χ4n) is 2.75. The molecule has 108 valence electrons. The molecule has 1 N–H and O–H groups in total. The molecule has 0 bridgehead atoms. The van der Waals surface area contributed by atoms with Crippen molar-refractivity contribution in [1.29, 1.82) is 0 Å². The number of nitrogens with zero attached hydrogens (tertiary/aromatic N) is 1. The highest BCUT2D eigenvalue weighted by molar-refractivity contribution is 4.77. The van der Waals surface area contributed by atoms with Crippen LogP contribution in [0.5, 0.6) is 0 Å². The van der Waals surface area contributed by atoms with Crippen molar-refractivity contribution < 1.29 is 4.74 Å². The van der Waals surface area contributed by atoms with Crippen LogP contribution in [0.15, 0.2) is 0 Å². The normalized spacial score (nSPS) is 23.5. The van der Waals surface area contributed by atoms with Gasteiger partial charge in [0, 0.05) is 19.7 Å². The van der Waals surface area contributed by atoms with Crippen LogP contribution in [-0.4, -0.2) is 50.8 Å². The first-order chi connectivity index (χ1) is 8.63. The van der Waals surface area contributed by atoms with E-state index in [0.717, 1.165) is 31.5 Å². The van der Waals surface area contributed by atoms with E-state index in [4.69, 9.17) is 4.74 Å². The number of likely N-dealkylation sites (tertiary alicyclic amines) is 1. The van der Waals surface area contributed by atoms with E-state index < -0.39 is 0 Å². The molecular formula is C15H32N2O. The molecule has 18 heavy (non-hydrogen) atoms. The number of nitrogens with one attached hydrogen (secondary N) is 1. The molecule has 0 aliphatic carbocycles. The van der Waals surface area contributed by atoms with Crippen molar-refractivity contribution in [1.82, 2.24) is 10.2 Å². The van der Waals surface area contributed by atoms with Gasteiger partial charge in [-0.15, -0.1) is 0 Å². The Morgan fingerprint density at radius 2 is 2.11 bits per heavy atom. The molecule has 1 saturated heterocycles. The van der Waals surface area contributed by atoms with Crippen molar-refractivity contribution in [2.75, 3.05) is 39.9 Å². The summed E-state index contributed by atoms with van der Waals surface area (Å²) >= 11 is 0. The summed E-state index contributed by atoms with van der Waals surface area (Å²) in [6, 6.07) is 0.698.